The van der Waals surface area contributed by atoms with Crippen molar-refractivity contribution in [3.8, 4) is 0 Å². The minimum Gasteiger partial charge on any atom is -0.367 e. The van der Waals surface area contributed by atoms with Crippen molar-refractivity contribution in [1.82, 2.24) is 0 Å². The molecular formula is C14H21FN2O2S. The Hall–Kier alpha value is -1.14. The minimum atomic E-state index is -2.96. The molecule has 2 N–H and O–H groups in total. The number of halogens is 1. The molecule has 2 unspecified atom stereocenters. The van der Waals surface area contributed by atoms with Crippen LogP contribution in [0.4, 0.5) is 10.1 Å². The van der Waals surface area contributed by atoms with Gasteiger partial charge in [-0.25, -0.2) is 12.8 Å². The van der Waals surface area contributed by atoms with E-state index in [1.807, 2.05) is 18.7 Å². The second kappa shape index (κ2) is 5.69. The highest BCUT2D eigenvalue weighted by atomic mass is 32.2. The van der Waals surface area contributed by atoms with E-state index in [2.05, 4.69) is 0 Å². The number of hydrogen-bond donors (Lipinski definition) is 1. The van der Waals surface area contributed by atoms with Crippen molar-refractivity contribution >= 4 is 15.5 Å². The molecule has 0 aromatic heterocycles. The summed E-state index contributed by atoms with van der Waals surface area (Å²) in [6, 6.07) is 4.46. The van der Waals surface area contributed by atoms with Gasteiger partial charge in [0.25, 0.3) is 0 Å². The van der Waals surface area contributed by atoms with E-state index in [0.29, 0.717) is 13.0 Å². The predicted octanol–water partition coefficient (Wildman–Crippen LogP) is 1.34. The fraction of sp³-hybridized carbons (Fsp3) is 0.571. The van der Waals surface area contributed by atoms with Crippen molar-refractivity contribution in [2.24, 2.45) is 5.73 Å². The van der Waals surface area contributed by atoms with Gasteiger partial charge in [-0.1, -0.05) is 0 Å². The molecule has 1 fully saturated rings. The number of nitrogens with zero attached hydrogens (tertiary/aromatic N) is 1. The van der Waals surface area contributed by atoms with Crippen molar-refractivity contribution in [3.05, 3.63) is 29.6 Å². The van der Waals surface area contributed by atoms with Crippen molar-refractivity contribution < 1.29 is 12.8 Å². The van der Waals surface area contributed by atoms with Crippen LogP contribution < -0.4 is 10.6 Å². The molecule has 1 aromatic carbocycles. The maximum absolute atomic E-state index is 13.4. The maximum Gasteiger partial charge on any atom is 0.154 e. The molecule has 1 aliphatic heterocycles. The molecule has 1 saturated heterocycles. The Morgan fingerprint density at radius 3 is 2.80 bits per heavy atom. The molecule has 0 saturated carbocycles. The van der Waals surface area contributed by atoms with Gasteiger partial charge in [0.05, 0.1) is 11.5 Å². The lowest BCUT2D eigenvalue weighted by atomic mass is 10.0. The third-order valence-corrected chi connectivity index (χ3v) is 5.36. The molecule has 0 bridgehead atoms. The molecule has 4 nitrogen and oxygen atoms in total. The molecule has 0 aliphatic carbocycles. The van der Waals surface area contributed by atoms with Crippen molar-refractivity contribution in [3.63, 3.8) is 0 Å². The van der Waals surface area contributed by atoms with E-state index in [1.165, 1.54) is 12.1 Å². The number of sulfone groups is 1. The van der Waals surface area contributed by atoms with E-state index in [0.717, 1.165) is 11.3 Å². The number of anilines is 1. The molecule has 20 heavy (non-hydrogen) atoms. The first-order valence-electron chi connectivity index (χ1n) is 6.79. The zero-order chi connectivity index (χ0) is 14.9. The van der Waals surface area contributed by atoms with E-state index in [9.17, 15) is 12.8 Å². The Morgan fingerprint density at radius 2 is 2.20 bits per heavy atom. The number of hydrogen-bond acceptors (Lipinski definition) is 4. The fourth-order valence-corrected chi connectivity index (χ4v) is 4.26. The topological polar surface area (TPSA) is 63.4 Å². The molecule has 1 aromatic rings. The first kappa shape index (κ1) is 15.3. The van der Waals surface area contributed by atoms with Gasteiger partial charge in [0.2, 0.25) is 0 Å². The van der Waals surface area contributed by atoms with Crippen LogP contribution in [0.1, 0.15) is 19.4 Å². The Morgan fingerprint density at radius 1 is 1.50 bits per heavy atom. The molecule has 1 heterocycles. The van der Waals surface area contributed by atoms with Gasteiger partial charge < -0.3 is 10.6 Å². The second-order valence-electron chi connectivity index (χ2n) is 5.61. The molecule has 2 rings (SSSR count). The average Bonchev–Trinajstić information content (AvgIpc) is 2.29. The Kier molecular flexibility index (Phi) is 4.34. The lowest BCUT2D eigenvalue weighted by Crippen LogP contribution is -2.47. The van der Waals surface area contributed by atoms with Gasteiger partial charge in [0, 0.05) is 24.3 Å². The van der Waals surface area contributed by atoms with Crippen molar-refractivity contribution in [2.45, 2.75) is 32.4 Å². The van der Waals surface area contributed by atoms with Crippen LogP contribution in [0.5, 0.6) is 0 Å². The SMILES string of the molecule is CC(N)Cc1cc(F)ccc1N1CCS(=O)(=O)CC1C. The summed E-state index contributed by atoms with van der Waals surface area (Å²) in [6.07, 6.45) is 0.572. The summed E-state index contributed by atoms with van der Waals surface area (Å²) >= 11 is 0. The van der Waals surface area contributed by atoms with Gasteiger partial charge in [0.1, 0.15) is 5.82 Å². The molecule has 1 aliphatic rings. The van der Waals surface area contributed by atoms with Crippen LogP contribution in [-0.4, -0.2) is 38.6 Å². The highest BCUT2D eigenvalue weighted by Gasteiger charge is 2.29. The summed E-state index contributed by atoms with van der Waals surface area (Å²) in [5, 5.41) is 0. The van der Waals surface area contributed by atoms with Crippen molar-refractivity contribution in [1.29, 1.82) is 0 Å². The summed E-state index contributed by atoms with van der Waals surface area (Å²) < 4.78 is 36.7. The van der Waals surface area contributed by atoms with Gasteiger partial charge in [-0.15, -0.1) is 0 Å². The number of nitrogens with two attached hydrogens (primary N) is 1. The largest absolute Gasteiger partial charge is 0.367 e. The van der Waals surface area contributed by atoms with Gasteiger partial charge >= 0.3 is 0 Å². The van der Waals surface area contributed by atoms with Crippen LogP contribution in [0.3, 0.4) is 0 Å². The van der Waals surface area contributed by atoms with E-state index in [-0.39, 0.29) is 29.4 Å². The first-order valence-corrected chi connectivity index (χ1v) is 8.62. The summed E-state index contributed by atoms with van der Waals surface area (Å²) in [4.78, 5) is 2.04. The molecule has 0 spiro atoms. The van der Waals surface area contributed by atoms with Crippen molar-refractivity contribution in [2.75, 3.05) is 23.0 Å². The van der Waals surface area contributed by atoms with Crippen LogP contribution in [0.25, 0.3) is 0 Å². The molecule has 112 valence electrons. The average molecular weight is 300 g/mol. The van der Waals surface area contributed by atoms with Crippen LogP contribution >= 0.6 is 0 Å². The summed E-state index contributed by atoms with van der Waals surface area (Å²) in [5.74, 6) is -0.00407. The third kappa shape index (κ3) is 3.49. The Bertz CT molecular complexity index is 587. The lowest BCUT2D eigenvalue weighted by molar-refractivity contribution is 0.566. The normalized spacial score (nSPS) is 23.6. The predicted molar refractivity (Wildman–Crippen MR) is 79.2 cm³/mol. The second-order valence-corrected chi connectivity index (χ2v) is 7.84. The van der Waals surface area contributed by atoms with Crippen LogP contribution in [0.2, 0.25) is 0 Å². The van der Waals surface area contributed by atoms with Crippen LogP contribution in [0.15, 0.2) is 18.2 Å². The number of benzene rings is 1. The van der Waals surface area contributed by atoms with Crippen LogP contribution in [-0.2, 0) is 16.3 Å². The monoisotopic (exact) mass is 300 g/mol. The van der Waals surface area contributed by atoms with Gasteiger partial charge in [-0.2, -0.15) is 0 Å². The van der Waals surface area contributed by atoms with Gasteiger partial charge in [-0.05, 0) is 44.0 Å². The summed E-state index contributed by atoms with van der Waals surface area (Å²) in [6.45, 7) is 4.20. The van der Waals surface area contributed by atoms with Crippen LogP contribution in [0, 0.1) is 5.82 Å². The fourth-order valence-electron chi connectivity index (χ4n) is 2.70. The number of rotatable bonds is 3. The zero-order valence-corrected chi connectivity index (χ0v) is 12.7. The van der Waals surface area contributed by atoms with E-state index >= 15 is 0 Å². The van der Waals surface area contributed by atoms with E-state index in [4.69, 9.17) is 5.73 Å². The lowest BCUT2D eigenvalue weighted by Gasteiger charge is -2.36. The standard InChI is InChI=1S/C14H21FN2O2S/c1-10(16)7-12-8-13(15)3-4-14(12)17-5-6-20(18,19)9-11(17)2/h3-4,8,10-11H,5-7,9,16H2,1-2H3. The Balaban J connectivity index is 2.32. The van der Waals surface area contributed by atoms with E-state index < -0.39 is 9.84 Å². The van der Waals surface area contributed by atoms with Gasteiger partial charge in [-0.3, -0.25) is 0 Å². The minimum absolute atomic E-state index is 0.0700. The molecule has 0 radical (unpaired) electrons. The zero-order valence-electron chi connectivity index (χ0n) is 11.8. The highest BCUT2D eigenvalue weighted by Crippen LogP contribution is 2.27. The Labute approximate surface area is 119 Å². The maximum atomic E-state index is 13.4. The highest BCUT2D eigenvalue weighted by molar-refractivity contribution is 7.91. The molecular weight excluding hydrogens is 279 g/mol. The summed E-state index contributed by atoms with van der Waals surface area (Å²) in [5.41, 5.74) is 7.55. The molecule has 6 heteroatoms. The third-order valence-electron chi connectivity index (χ3n) is 3.56. The molecule has 0 amide bonds. The van der Waals surface area contributed by atoms with E-state index in [1.54, 1.807) is 6.07 Å². The summed E-state index contributed by atoms with van der Waals surface area (Å²) in [7, 11) is -2.96. The first-order chi connectivity index (χ1) is 9.28. The van der Waals surface area contributed by atoms with Gasteiger partial charge in [0.15, 0.2) is 9.84 Å². The smallest absolute Gasteiger partial charge is 0.154 e. The molecule has 2 atom stereocenters. The quantitative estimate of drug-likeness (QED) is 0.915.